The normalized spacial score (nSPS) is 16.7. The number of hydrogen-bond donors (Lipinski definition) is 0. The average molecular weight is 430 g/mol. The van der Waals surface area contributed by atoms with Crippen molar-refractivity contribution in [2.45, 2.75) is 25.8 Å². The van der Waals surface area contributed by atoms with Crippen LogP contribution in [0.15, 0.2) is 72.5 Å². The Morgan fingerprint density at radius 1 is 1.21 bits per heavy atom. The minimum atomic E-state index is -0.462. The van der Waals surface area contributed by atoms with E-state index in [9.17, 15) is 9.59 Å². The third-order valence-corrected chi connectivity index (χ3v) is 5.33. The van der Waals surface area contributed by atoms with Crippen molar-refractivity contribution in [2.75, 3.05) is 6.61 Å². The first-order valence-electron chi connectivity index (χ1n) is 9.19. The van der Waals surface area contributed by atoms with Crippen LogP contribution in [-0.4, -0.2) is 23.4 Å². The van der Waals surface area contributed by atoms with E-state index in [1.807, 2.05) is 24.3 Å². The van der Waals surface area contributed by atoms with Crippen LogP contribution < -0.4 is 0 Å². The first-order valence-corrected chi connectivity index (χ1v) is 9.95. The predicted octanol–water partition coefficient (Wildman–Crippen LogP) is 5.51. The van der Waals surface area contributed by atoms with Crippen LogP contribution in [0.1, 0.15) is 30.4 Å². The Morgan fingerprint density at radius 2 is 1.90 bits per heavy atom. The molecule has 0 aliphatic carbocycles. The molecule has 1 aliphatic heterocycles. The third-order valence-electron chi connectivity index (χ3n) is 4.86. The lowest BCUT2D eigenvalue weighted by Crippen LogP contribution is -2.38. The van der Waals surface area contributed by atoms with Crippen molar-refractivity contribution in [2.24, 2.45) is 0 Å². The molecule has 3 rings (SSSR count). The van der Waals surface area contributed by atoms with Gasteiger partial charge < -0.3 is 9.64 Å². The summed E-state index contributed by atoms with van der Waals surface area (Å²) in [5, 5.41) is 1.14. The zero-order chi connectivity index (χ0) is 21.0. The molecule has 2 aromatic carbocycles. The first-order chi connectivity index (χ1) is 13.9. The summed E-state index contributed by atoms with van der Waals surface area (Å²) in [5.41, 5.74) is 2.71. The van der Waals surface area contributed by atoms with Crippen LogP contribution in [0.5, 0.6) is 0 Å². The molecule has 0 saturated carbocycles. The Kier molecular flexibility index (Phi) is 6.78. The van der Waals surface area contributed by atoms with Gasteiger partial charge in [-0.1, -0.05) is 60.1 Å². The second-order valence-electron chi connectivity index (χ2n) is 6.81. The Bertz CT molecular complexity index is 984. The zero-order valence-corrected chi connectivity index (χ0v) is 17.5. The molecule has 0 spiro atoms. The quantitative estimate of drug-likeness (QED) is 0.448. The van der Waals surface area contributed by atoms with E-state index in [0.29, 0.717) is 27.9 Å². The van der Waals surface area contributed by atoms with Gasteiger partial charge in [-0.25, -0.2) is 4.79 Å². The monoisotopic (exact) mass is 429 g/mol. The van der Waals surface area contributed by atoms with Crippen molar-refractivity contribution in [3.05, 3.63) is 93.6 Å². The number of ether oxygens (including phenoxy) is 1. The minimum Gasteiger partial charge on any atom is -0.458 e. The highest BCUT2D eigenvalue weighted by Crippen LogP contribution is 2.38. The van der Waals surface area contributed by atoms with Crippen molar-refractivity contribution >= 4 is 35.1 Å². The lowest BCUT2D eigenvalue weighted by atomic mass is 9.83. The Labute approximate surface area is 180 Å². The van der Waals surface area contributed by atoms with Gasteiger partial charge in [0, 0.05) is 28.1 Å². The van der Waals surface area contributed by atoms with E-state index in [4.69, 9.17) is 27.9 Å². The first kappa shape index (κ1) is 21.2. The number of carbonyl (C=O) groups excluding carboxylic acids is 2. The predicted molar refractivity (Wildman–Crippen MR) is 115 cm³/mol. The third kappa shape index (κ3) is 4.89. The van der Waals surface area contributed by atoms with Crippen LogP contribution >= 0.6 is 23.2 Å². The SMILES string of the molecule is C=CCOC(=O)C1=C(C)N(Cc2cccc(Cl)c2)C(=O)CC1c1cccc(Cl)c1. The maximum atomic E-state index is 13.0. The molecule has 1 atom stereocenters. The summed E-state index contributed by atoms with van der Waals surface area (Å²) >= 11 is 12.2. The molecule has 150 valence electrons. The lowest BCUT2D eigenvalue weighted by Gasteiger charge is -2.34. The fraction of sp³-hybridized carbons (Fsp3) is 0.217. The van der Waals surface area contributed by atoms with E-state index in [0.717, 1.165) is 11.1 Å². The molecule has 0 fully saturated rings. The van der Waals surface area contributed by atoms with Crippen LogP contribution in [0.4, 0.5) is 0 Å². The highest BCUT2D eigenvalue weighted by atomic mass is 35.5. The van der Waals surface area contributed by atoms with Gasteiger partial charge in [0.05, 0.1) is 12.1 Å². The number of benzene rings is 2. The van der Waals surface area contributed by atoms with E-state index in [1.165, 1.54) is 6.08 Å². The molecule has 2 aromatic rings. The molecule has 1 heterocycles. The van der Waals surface area contributed by atoms with Crippen LogP contribution in [0.25, 0.3) is 0 Å². The zero-order valence-electron chi connectivity index (χ0n) is 16.0. The molecular weight excluding hydrogens is 409 g/mol. The van der Waals surface area contributed by atoms with Gasteiger partial charge in [-0.2, -0.15) is 0 Å². The largest absolute Gasteiger partial charge is 0.458 e. The summed E-state index contributed by atoms with van der Waals surface area (Å²) in [6.45, 7) is 5.78. The second-order valence-corrected chi connectivity index (χ2v) is 7.68. The molecule has 6 heteroatoms. The summed E-state index contributed by atoms with van der Waals surface area (Å²) < 4.78 is 5.33. The molecular formula is C23H21Cl2NO3. The minimum absolute atomic E-state index is 0.0762. The van der Waals surface area contributed by atoms with E-state index < -0.39 is 11.9 Å². The molecule has 0 aromatic heterocycles. The van der Waals surface area contributed by atoms with Gasteiger partial charge in [-0.05, 0) is 42.3 Å². The van der Waals surface area contributed by atoms with Gasteiger partial charge in [-0.3, -0.25) is 4.79 Å². The Hall–Kier alpha value is -2.56. The maximum Gasteiger partial charge on any atom is 0.336 e. The van der Waals surface area contributed by atoms with E-state index in [2.05, 4.69) is 6.58 Å². The van der Waals surface area contributed by atoms with E-state index >= 15 is 0 Å². The second kappa shape index (κ2) is 9.29. The molecule has 1 unspecified atom stereocenters. The highest BCUT2D eigenvalue weighted by Gasteiger charge is 2.37. The van der Waals surface area contributed by atoms with Gasteiger partial charge >= 0.3 is 5.97 Å². The van der Waals surface area contributed by atoms with Gasteiger partial charge in [0.15, 0.2) is 0 Å². The standard InChI is InChI=1S/C23H21Cl2NO3/c1-3-10-29-23(28)22-15(2)26(14-16-6-4-8-18(24)11-16)21(27)13-20(22)17-7-5-9-19(25)12-17/h3-9,11-12,20H,1,10,13-14H2,2H3. The van der Waals surface area contributed by atoms with Crippen molar-refractivity contribution in [1.82, 2.24) is 4.90 Å². The topological polar surface area (TPSA) is 46.6 Å². The van der Waals surface area contributed by atoms with Crippen molar-refractivity contribution in [3.63, 3.8) is 0 Å². The number of nitrogens with zero attached hydrogens (tertiary/aromatic N) is 1. The summed E-state index contributed by atoms with van der Waals surface area (Å²) in [5.74, 6) is -0.960. The molecule has 0 bridgehead atoms. The summed E-state index contributed by atoms with van der Waals surface area (Å²) in [7, 11) is 0. The number of esters is 1. The number of amides is 1. The van der Waals surface area contributed by atoms with Crippen LogP contribution in [0.3, 0.4) is 0 Å². The smallest absolute Gasteiger partial charge is 0.336 e. The molecule has 0 radical (unpaired) electrons. The summed E-state index contributed by atoms with van der Waals surface area (Å²) in [6, 6.07) is 14.5. The van der Waals surface area contributed by atoms with Gasteiger partial charge in [-0.15, -0.1) is 0 Å². The number of carbonyl (C=O) groups is 2. The number of hydrogen-bond acceptors (Lipinski definition) is 3. The number of halogens is 2. The van der Waals surface area contributed by atoms with Crippen LogP contribution in [0, 0.1) is 0 Å². The number of allylic oxidation sites excluding steroid dienone is 1. The van der Waals surface area contributed by atoms with Crippen LogP contribution in [-0.2, 0) is 20.9 Å². The molecule has 1 amide bonds. The average Bonchev–Trinajstić information content (AvgIpc) is 2.69. The Morgan fingerprint density at radius 3 is 2.55 bits per heavy atom. The maximum absolute atomic E-state index is 13.0. The molecule has 0 N–H and O–H groups in total. The van der Waals surface area contributed by atoms with Crippen molar-refractivity contribution in [1.29, 1.82) is 0 Å². The fourth-order valence-corrected chi connectivity index (χ4v) is 3.92. The van der Waals surface area contributed by atoms with Gasteiger partial charge in [0.1, 0.15) is 6.61 Å². The fourth-order valence-electron chi connectivity index (χ4n) is 3.51. The molecule has 0 saturated heterocycles. The van der Waals surface area contributed by atoms with Crippen molar-refractivity contribution < 1.29 is 14.3 Å². The summed E-state index contributed by atoms with van der Waals surface area (Å²) in [4.78, 5) is 27.5. The van der Waals surface area contributed by atoms with Crippen molar-refractivity contribution in [3.8, 4) is 0 Å². The highest BCUT2D eigenvalue weighted by molar-refractivity contribution is 6.30. The molecule has 1 aliphatic rings. The molecule has 4 nitrogen and oxygen atoms in total. The lowest BCUT2D eigenvalue weighted by molar-refractivity contribution is -0.139. The Balaban J connectivity index is 2.03. The van der Waals surface area contributed by atoms with E-state index in [-0.39, 0.29) is 18.9 Å². The van der Waals surface area contributed by atoms with Gasteiger partial charge in [0.2, 0.25) is 5.91 Å². The molecule has 29 heavy (non-hydrogen) atoms. The van der Waals surface area contributed by atoms with E-state index in [1.54, 1.807) is 36.1 Å². The number of rotatable bonds is 6. The van der Waals surface area contributed by atoms with Crippen LogP contribution in [0.2, 0.25) is 10.0 Å². The van der Waals surface area contributed by atoms with Gasteiger partial charge in [0.25, 0.3) is 0 Å². The summed E-state index contributed by atoms with van der Waals surface area (Å²) in [6.07, 6.45) is 1.66.